The molecular weight excluding hydrogens is 407 g/mol. The molecule has 1 N–H and O–H groups in total. The van der Waals surface area contributed by atoms with Crippen LogP contribution in [0.1, 0.15) is 42.2 Å². The van der Waals surface area contributed by atoms with Gasteiger partial charge in [0.1, 0.15) is 5.82 Å². The molecule has 0 saturated carbocycles. The smallest absolute Gasteiger partial charge is 0.272 e. The van der Waals surface area contributed by atoms with Crippen LogP contribution in [0, 0.1) is 5.82 Å². The van der Waals surface area contributed by atoms with Crippen molar-refractivity contribution in [2.24, 2.45) is 0 Å². The van der Waals surface area contributed by atoms with E-state index in [9.17, 15) is 9.18 Å². The van der Waals surface area contributed by atoms with Crippen molar-refractivity contribution in [3.05, 3.63) is 65.6 Å². The van der Waals surface area contributed by atoms with Crippen LogP contribution in [0.2, 0.25) is 0 Å². The lowest BCUT2D eigenvalue weighted by Crippen LogP contribution is -2.60. The van der Waals surface area contributed by atoms with Gasteiger partial charge in [0, 0.05) is 42.2 Å². The zero-order chi connectivity index (χ0) is 22.1. The van der Waals surface area contributed by atoms with Crippen LogP contribution in [0.4, 0.5) is 4.39 Å². The van der Waals surface area contributed by atoms with E-state index in [1.807, 2.05) is 41.1 Å². The summed E-state index contributed by atoms with van der Waals surface area (Å²) in [5.74, 6) is -0.293. The predicted octanol–water partition coefficient (Wildman–Crippen LogP) is 3.75. The highest BCUT2D eigenvalue weighted by molar-refractivity contribution is 6.05. The average molecular weight is 437 g/mol. The van der Waals surface area contributed by atoms with Crippen molar-refractivity contribution in [2.75, 3.05) is 13.2 Å². The summed E-state index contributed by atoms with van der Waals surface area (Å²) in [5, 5.41) is 8.75. The lowest BCUT2D eigenvalue weighted by Gasteiger charge is -2.48. The third-order valence-electron chi connectivity index (χ3n) is 6.63. The summed E-state index contributed by atoms with van der Waals surface area (Å²) in [6, 6.07) is 15.2. The van der Waals surface area contributed by atoms with E-state index in [1.165, 1.54) is 6.07 Å². The minimum atomic E-state index is -0.170. The van der Waals surface area contributed by atoms with Gasteiger partial charge in [-0.25, -0.2) is 4.39 Å². The maximum absolute atomic E-state index is 14.2. The quantitative estimate of drug-likeness (QED) is 0.640. The Hall–Kier alpha value is -2.77. The molecule has 2 aliphatic rings. The highest BCUT2D eigenvalue weighted by Gasteiger charge is 2.40. The van der Waals surface area contributed by atoms with Crippen LogP contribution in [0.5, 0.6) is 0 Å². The first kappa shape index (κ1) is 21.1. The first-order valence-corrected chi connectivity index (χ1v) is 11.5. The van der Waals surface area contributed by atoms with E-state index in [2.05, 4.69) is 22.2 Å². The van der Waals surface area contributed by atoms with Gasteiger partial charge in [0.15, 0.2) is 5.69 Å². The molecule has 2 bridgehead atoms. The Bertz CT molecular complexity index is 1100. The Morgan fingerprint density at radius 2 is 1.84 bits per heavy atom. The fraction of sp³-hybridized carbons (Fsp3) is 0.440. The van der Waals surface area contributed by atoms with Crippen LogP contribution in [-0.2, 0) is 17.8 Å². The topological polar surface area (TPSA) is 59.4 Å². The molecule has 0 aliphatic carbocycles. The number of piperidine rings is 1. The number of hydrogen-bond acceptors (Lipinski definition) is 4. The number of nitrogens with zero attached hydrogens (tertiary/aromatic N) is 3. The minimum Gasteiger partial charge on any atom is -0.378 e. The molecule has 7 heteroatoms. The molecule has 0 radical (unpaired) electrons. The lowest BCUT2D eigenvalue weighted by atomic mass is 9.89. The molecule has 2 fully saturated rings. The third kappa shape index (κ3) is 4.02. The van der Waals surface area contributed by atoms with Crippen LogP contribution in [-0.4, -0.2) is 51.9 Å². The second kappa shape index (κ2) is 9.00. The molecule has 32 heavy (non-hydrogen) atoms. The molecule has 6 nitrogen and oxygen atoms in total. The standard InChI is InChI=1S/C25H29FN4O2/c1-2-11-30-23-10-6-4-8-21(23)24(28-30)25(31)27-18-12-19-15-32-16-20(13-18)29(19)14-17-7-3-5-9-22(17)26/h3-10,18-20H,2,11-16H2,1H3,(H,27,31). The van der Waals surface area contributed by atoms with Gasteiger partial charge in [0.25, 0.3) is 5.91 Å². The van der Waals surface area contributed by atoms with Crippen LogP contribution < -0.4 is 5.32 Å². The van der Waals surface area contributed by atoms with Crippen molar-refractivity contribution in [3.8, 4) is 0 Å². The number of aromatic nitrogens is 2. The predicted molar refractivity (Wildman–Crippen MR) is 121 cm³/mol. The molecular formula is C25H29FN4O2. The van der Waals surface area contributed by atoms with Gasteiger partial charge in [-0.2, -0.15) is 5.10 Å². The maximum Gasteiger partial charge on any atom is 0.272 e. The summed E-state index contributed by atoms with van der Waals surface area (Å²) in [5.41, 5.74) is 2.19. The van der Waals surface area contributed by atoms with E-state index in [1.54, 1.807) is 6.07 Å². The van der Waals surface area contributed by atoms with Crippen molar-refractivity contribution in [1.29, 1.82) is 0 Å². The normalized spacial score (nSPS) is 23.4. The van der Waals surface area contributed by atoms with Gasteiger partial charge in [-0.05, 0) is 31.4 Å². The summed E-state index contributed by atoms with van der Waals surface area (Å²) >= 11 is 0. The summed E-state index contributed by atoms with van der Waals surface area (Å²) in [6.07, 6.45) is 2.52. The van der Waals surface area contributed by atoms with Gasteiger partial charge < -0.3 is 10.1 Å². The third-order valence-corrected chi connectivity index (χ3v) is 6.63. The number of ether oxygens (including phenoxy) is 1. The Balaban J connectivity index is 1.31. The van der Waals surface area contributed by atoms with Crippen molar-refractivity contribution >= 4 is 16.8 Å². The molecule has 168 valence electrons. The fourth-order valence-corrected chi connectivity index (χ4v) is 5.12. The van der Waals surface area contributed by atoms with E-state index >= 15 is 0 Å². The fourth-order valence-electron chi connectivity index (χ4n) is 5.12. The van der Waals surface area contributed by atoms with Gasteiger partial charge in [0.2, 0.25) is 0 Å². The molecule has 5 rings (SSSR count). The molecule has 2 atom stereocenters. The largest absolute Gasteiger partial charge is 0.378 e. The summed E-state index contributed by atoms with van der Waals surface area (Å²) in [6.45, 7) is 4.66. The summed E-state index contributed by atoms with van der Waals surface area (Å²) < 4.78 is 21.9. The first-order valence-electron chi connectivity index (χ1n) is 11.5. The Morgan fingerprint density at radius 3 is 2.59 bits per heavy atom. The number of hydrogen-bond donors (Lipinski definition) is 1. The number of para-hydroxylation sites is 1. The second-order valence-electron chi connectivity index (χ2n) is 8.84. The van der Waals surface area contributed by atoms with Crippen LogP contribution >= 0.6 is 0 Å². The molecule has 2 aliphatic heterocycles. The molecule has 3 heterocycles. The van der Waals surface area contributed by atoms with Crippen LogP contribution in [0.15, 0.2) is 48.5 Å². The molecule has 1 amide bonds. The van der Waals surface area contributed by atoms with Crippen molar-refractivity contribution < 1.29 is 13.9 Å². The molecule has 2 saturated heterocycles. The van der Waals surface area contributed by atoms with Crippen molar-refractivity contribution in [1.82, 2.24) is 20.0 Å². The Morgan fingerprint density at radius 1 is 1.12 bits per heavy atom. The number of benzene rings is 2. The van der Waals surface area contributed by atoms with E-state index < -0.39 is 0 Å². The molecule has 3 aromatic rings. The van der Waals surface area contributed by atoms with Gasteiger partial charge in [-0.1, -0.05) is 43.3 Å². The zero-order valence-electron chi connectivity index (χ0n) is 18.3. The first-order chi connectivity index (χ1) is 15.6. The van der Waals surface area contributed by atoms with E-state index in [4.69, 9.17) is 4.74 Å². The molecule has 1 aromatic heterocycles. The van der Waals surface area contributed by atoms with Crippen LogP contribution in [0.25, 0.3) is 10.9 Å². The van der Waals surface area contributed by atoms with Gasteiger partial charge >= 0.3 is 0 Å². The molecule has 2 aromatic carbocycles. The Labute approximate surface area is 187 Å². The molecule has 0 spiro atoms. The minimum absolute atomic E-state index is 0.0494. The number of amides is 1. The number of aryl methyl sites for hydroxylation is 1. The zero-order valence-corrected chi connectivity index (χ0v) is 18.3. The van der Waals surface area contributed by atoms with Gasteiger partial charge in [0.05, 0.1) is 18.7 Å². The number of halogens is 1. The summed E-state index contributed by atoms with van der Waals surface area (Å²) in [7, 11) is 0. The van der Waals surface area contributed by atoms with Crippen molar-refractivity contribution in [3.63, 3.8) is 0 Å². The average Bonchev–Trinajstić information content (AvgIpc) is 3.15. The number of nitrogens with one attached hydrogen (secondary N) is 1. The number of carbonyl (C=O) groups excluding carboxylic acids is 1. The number of fused-ring (bicyclic) bond motifs is 3. The Kier molecular flexibility index (Phi) is 5.93. The number of rotatable bonds is 6. The SMILES string of the molecule is CCCn1nc(C(=O)NC2CC3COCC(C2)N3Cc2ccccc2F)c2ccccc21. The highest BCUT2D eigenvalue weighted by atomic mass is 19.1. The van der Waals surface area contributed by atoms with Gasteiger partial charge in [-0.15, -0.1) is 0 Å². The number of carbonyl (C=O) groups is 1. The summed E-state index contributed by atoms with van der Waals surface area (Å²) in [4.78, 5) is 15.5. The lowest BCUT2D eigenvalue weighted by molar-refractivity contribution is -0.0846. The van der Waals surface area contributed by atoms with E-state index in [-0.39, 0.29) is 29.8 Å². The highest BCUT2D eigenvalue weighted by Crippen LogP contribution is 2.30. The van der Waals surface area contributed by atoms with Crippen molar-refractivity contribution in [2.45, 2.75) is 57.4 Å². The van der Waals surface area contributed by atoms with E-state index in [0.717, 1.165) is 36.7 Å². The van der Waals surface area contributed by atoms with Gasteiger partial charge in [-0.3, -0.25) is 14.4 Å². The van der Waals surface area contributed by atoms with Crippen LogP contribution in [0.3, 0.4) is 0 Å². The van der Waals surface area contributed by atoms with E-state index in [0.29, 0.717) is 31.0 Å². The maximum atomic E-state index is 14.2. The second-order valence-corrected chi connectivity index (χ2v) is 8.84. The molecule has 2 unspecified atom stereocenters. The monoisotopic (exact) mass is 436 g/mol. The number of morpholine rings is 1.